The van der Waals surface area contributed by atoms with Gasteiger partial charge in [-0.1, -0.05) is 30.3 Å². The minimum Gasteiger partial charge on any atom is -0.482 e. The van der Waals surface area contributed by atoms with Gasteiger partial charge in [-0.05, 0) is 31.0 Å². The average molecular weight is 366 g/mol. The van der Waals surface area contributed by atoms with Crippen molar-refractivity contribution in [2.24, 2.45) is 0 Å². The van der Waals surface area contributed by atoms with E-state index in [0.29, 0.717) is 17.0 Å². The van der Waals surface area contributed by atoms with Gasteiger partial charge >= 0.3 is 5.97 Å². The number of carbonyl (C=O) groups is 3. The van der Waals surface area contributed by atoms with Crippen molar-refractivity contribution in [2.75, 3.05) is 11.9 Å². The first kappa shape index (κ1) is 17.1. The number of rotatable bonds is 5. The van der Waals surface area contributed by atoms with Crippen molar-refractivity contribution in [3.05, 3.63) is 59.7 Å². The van der Waals surface area contributed by atoms with Crippen LogP contribution in [0.3, 0.4) is 0 Å². The Morgan fingerprint density at radius 1 is 1.15 bits per heavy atom. The average Bonchev–Trinajstić information content (AvgIpc) is 3.49. The normalized spacial score (nSPS) is 16.4. The zero-order valence-corrected chi connectivity index (χ0v) is 14.4. The number of hydrogen-bond donors (Lipinski definition) is 2. The molecule has 2 aromatic carbocycles. The molecule has 1 saturated carbocycles. The van der Waals surface area contributed by atoms with Crippen LogP contribution in [0.15, 0.2) is 48.5 Å². The predicted molar refractivity (Wildman–Crippen MR) is 96.3 cm³/mol. The lowest BCUT2D eigenvalue weighted by Gasteiger charge is -2.20. The number of amides is 2. The molecule has 138 valence electrons. The Labute approximate surface area is 155 Å². The molecule has 7 nitrogen and oxygen atoms in total. The van der Waals surface area contributed by atoms with Gasteiger partial charge in [0.25, 0.3) is 11.8 Å². The van der Waals surface area contributed by atoms with Gasteiger partial charge in [0.15, 0.2) is 6.61 Å². The van der Waals surface area contributed by atoms with Gasteiger partial charge in [-0.2, -0.15) is 0 Å². The van der Waals surface area contributed by atoms with E-state index in [1.54, 1.807) is 36.4 Å². The Bertz CT molecular complexity index is 893. The van der Waals surface area contributed by atoms with Crippen LogP contribution in [-0.4, -0.2) is 30.4 Å². The lowest BCUT2D eigenvalue weighted by Crippen LogP contribution is -2.33. The van der Waals surface area contributed by atoms with E-state index in [4.69, 9.17) is 9.47 Å². The highest BCUT2D eigenvalue weighted by Crippen LogP contribution is 2.30. The Morgan fingerprint density at radius 3 is 2.67 bits per heavy atom. The third-order valence-corrected chi connectivity index (χ3v) is 4.34. The van der Waals surface area contributed by atoms with Crippen LogP contribution in [0.2, 0.25) is 0 Å². The number of fused-ring (bicyclic) bond motifs is 1. The van der Waals surface area contributed by atoms with Crippen LogP contribution in [0.5, 0.6) is 5.75 Å². The SMILES string of the molecule is O=C1COc2ccc(C(=O)OC(C(=O)NC3CC3)c3ccccc3)cc2N1. The van der Waals surface area contributed by atoms with E-state index in [0.717, 1.165) is 12.8 Å². The maximum Gasteiger partial charge on any atom is 0.339 e. The summed E-state index contributed by atoms with van der Waals surface area (Å²) >= 11 is 0. The van der Waals surface area contributed by atoms with E-state index >= 15 is 0 Å². The van der Waals surface area contributed by atoms with Gasteiger partial charge in [-0.25, -0.2) is 4.79 Å². The van der Waals surface area contributed by atoms with Crippen molar-refractivity contribution in [3.8, 4) is 5.75 Å². The highest BCUT2D eigenvalue weighted by molar-refractivity contribution is 5.99. The fourth-order valence-corrected chi connectivity index (χ4v) is 2.79. The van der Waals surface area contributed by atoms with E-state index in [1.807, 2.05) is 6.07 Å². The number of anilines is 1. The van der Waals surface area contributed by atoms with Crippen LogP contribution in [0.25, 0.3) is 0 Å². The first-order valence-electron chi connectivity index (χ1n) is 8.73. The van der Waals surface area contributed by atoms with Crippen LogP contribution in [-0.2, 0) is 14.3 Å². The lowest BCUT2D eigenvalue weighted by molar-refractivity contribution is -0.130. The maximum atomic E-state index is 12.6. The Kier molecular flexibility index (Phi) is 4.50. The third-order valence-electron chi connectivity index (χ3n) is 4.34. The molecule has 1 aliphatic carbocycles. The summed E-state index contributed by atoms with van der Waals surface area (Å²) in [6, 6.07) is 13.6. The minimum atomic E-state index is -1.04. The van der Waals surface area contributed by atoms with Crippen molar-refractivity contribution in [3.63, 3.8) is 0 Å². The van der Waals surface area contributed by atoms with Crippen LogP contribution < -0.4 is 15.4 Å². The summed E-state index contributed by atoms with van der Waals surface area (Å²) in [5, 5.41) is 5.52. The highest BCUT2D eigenvalue weighted by atomic mass is 16.5. The van der Waals surface area contributed by atoms with E-state index in [1.165, 1.54) is 6.07 Å². The van der Waals surface area contributed by atoms with Crippen LogP contribution >= 0.6 is 0 Å². The van der Waals surface area contributed by atoms with Gasteiger partial charge in [-0.3, -0.25) is 9.59 Å². The van der Waals surface area contributed by atoms with Crippen molar-refractivity contribution >= 4 is 23.5 Å². The number of benzene rings is 2. The Morgan fingerprint density at radius 2 is 1.93 bits per heavy atom. The van der Waals surface area contributed by atoms with Crippen molar-refractivity contribution in [1.29, 1.82) is 0 Å². The molecule has 7 heteroatoms. The maximum absolute atomic E-state index is 12.6. The molecule has 0 saturated heterocycles. The summed E-state index contributed by atoms with van der Waals surface area (Å²) in [5.41, 5.74) is 1.22. The fourth-order valence-electron chi connectivity index (χ4n) is 2.79. The second-order valence-electron chi connectivity index (χ2n) is 6.53. The van der Waals surface area contributed by atoms with Crippen LogP contribution in [0.4, 0.5) is 5.69 Å². The van der Waals surface area contributed by atoms with Gasteiger partial charge in [0.05, 0.1) is 11.3 Å². The molecule has 0 radical (unpaired) electrons. The monoisotopic (exact) mass is 366 g/mol. The summed E-state index contributed by atoms with van der Waals surface area (Å²) < 4.78 is 10.8. The molecule has 1 heterocycles. The van der Waals surface area contributed by atoms with E-state index in [9.17, 15) is 14.4 Å². The van der Waals surface area contributed by atoms with Gasteiger partial charge in [0.2, 0.25) is 6.10 Å². The molecule has 2 N–H and O–H groups in total. The van der Waals surface area contributed by atoms with E-state index in [2.05, 4.69) is 10.6 Å². The second kappa shape index (κ2) is 7.11. The first-order chi connectivity index (χ1) is 13.1. The molecule has 0 bridgehead atoms. The molecule has 0 aromatic heterocycles. The van der Waals surface area contributed by atoms with Gasteiger partial charge in [0, 0.05) is 11.6 Å². The van der Waals surface area contributed by atoms with Crippen molar-refractivity contribution in [2.45, 2.75) is 25.0 Å². The molecule has 1 unspecified atom stereocenters. The molecule has 2 aromatic rings. The lowest BCUT2D eigenvalue weighted by atomic mass is 10.1. The molecular formula is C20H18N2O5. The molecular weight excluding hydrogens is 348 g/mol. The molecule has 2 aliphatic rings. The fraction of sp³-hybridized carbons (Fsp3) is 0.250. The Balaban J connectivity index is 1.55. The number of nitrogens with one attached hydrogen (secondary N) is 2. The van der Waals surface area contributed by atoms with Gasteiger partial charge in [0.1, 0.15) is 5.75 Å². The number of carbonyl (C=O) groups excluding carboxylic acids is 3. The molecule has 1 atom stereocenters. The molecule has 1 fully saturated rings. The quantitative estimate of drug-likeness (QED) is 0.791. The minimum absolute atomic E-state index is 0.0613. The first-order valence-corrected chi connectivity index (χ1v) is 8.73. The van der Waals surface area contributed by atoms with Gasteiger partial charge < -0.3 is 20.1 Å². The molecule has 2 amide bonds. The zero-order valence-electron chi connectivity index (χ0n) is 14.4. The number of esters is 1. The number of hydrogen-bond acceptors (Lipinski definition) is 5. The predicted octanol–water partition coefficient (Wildman–Crippen LogP) is 2.19. The highest BCUT2D eigenvalue weighted by Gasteiger charge is 2.31. The summed E-state index contributed by atoms with van der Waals surface area (Å²) in [7, 11) is 0. The summed E-state index contributed by atoms with van der Waals surface area (Å²) in [6.07, 6.45) is 0.832. The summed E-state index contributed by atoms with van der Waals surface area (Å²) in [6.45, 7) is -0.0613. The second-order valence-corrected chi connectivity index (χ2v) is 6.53. The van der Waals surface area contributed by atoms with Crippen LogP contribution in [0, 0.1) is 0 Å². The molecule has 1 aliphatic heterocycles. The standard InChI is InChI=1S/C20H18N2O5/c23-17-11-26-16-9-6-13(10-15(16)22-17)20(25)27-18(12-4-2-1-3-5-12)19(24)21-14-7-8-14/h1-6,9-10,14,18H,7-8,11H2,(H,21,24)(H,22,23). The van der Waals surface area contributed by atoms with E-state index < -0.39 is 12.1 Å². The van der Waals surface area contributed by atoms with Crippen LogP contribution in [0.1, 0.15) is 34.9 Å². The summed E-state index contributed by atoms with van der Waals surface area (Å²) in [4.78, 5) is 36.7. The third kappa shape index (κ3) is 3.92. The topological polar surface area (TPSA) is 93.7 Å². The zero-order chi connectivity index (χ0) is 18.8. The Hall–Kier alpha value is -3.35. The number of ether oxygens (including phenoxy) is 2. The van der Waals surface area contributed by atoms with Crippen molar-refractivity contribution < 1.29 is 23.9 Å². The largest absolute Gasteiger partial charge is 0.482 e. The molecule has 27 heavy (non-hydrogen) atoms. The summed E-state index contributed by atoms with van der Waals surface area (Å²) in [5.74, 6) is -0.805. The smallest absolute Gasteiger partial charge is 0.339 e. The van der Waals surface area contributed by atoms with Gasteiger partial charge in [-0.15, -0.1) is 0 Å². The molecule has 4 rings (SSSR count). The van der Waals surface area contributed by atoms with Crippen molar-refractivity contribution in [1.82, 2.24) is 5.32 Å². The molecule has 0 spiro atoms. The van der Waals surface area contributed by atoms with E-state index in [-0.39, 0.29) is 30.0 Å².